The molecule has 1 nitrogen and oxygen atoms in total. The van der Waals surface area contributed by atoms with Gasteiger partial charge in [0.15, 0.2) is 8.32 Å². The van der Waals surface area contributed by atoms with Crippen LogP contribution in [0, 0.1) is 14.4 Å². The number of halogens is 2. The molecule has 0 amide bonds. The third-order valence-electron chi connectivity index (χ3n) is 3.10. The number of fused-ring (bicyclic) bond motifs is 2. The largest absolute Gasteiger partial charge is 0.358 e. The molecular weight excluding hydrogens is 559 g/mol. The van der Waals surface area contributed by atoms with Crippen molar-refractivity contribution in [2.45, 2.75) is 39.7 Å². The Bertz CT molecular complexity index is 754. The van der Waals surface area contributed by atoms with Gasteiger partial charge in [-0.25, -0.2) is 0 Å². The van der Waals surface area contributed by atoms with Crippen molar-refractivity contribution >= 4 is 68.4 Å². The van der Waals surface area contributed by atoms with E-state index >= 15 is 0 Å². The molecule has 4 aromatic carbocycles. The Balaban J connectivity index is -0.000000103. The molecule has 4 rings (SSSR count). The third kappa shape index (κ3) is 24.3. The minimum atomic E-state index is -1.61. The molecule has 6 heteroatoms. The van der Waals surface area contributed by atoms with Gasteiger partial charge in [0.1, 0.15) is 0 Å². The molecule has 33 heavy (non-hydrogen) atoms. The van der Waals surface area contributed by atoms with Crippen molar-refractivity contribution in [2.75, 3.05) is 0 Å². The zero-order chi connectivity index (χ0) is 23.4. The normalized spacial score (nSPS) is 8.21. The summed E-state index contributed by atoms with van der Waals surface area (Å²) in [5.41, 5.74) is 0. The van der Waals surface area contributed by atoms with Crippen molar-refractivity contribution in [3.05, 3.63) is 99.3 Å². The zero-order valence-corrected chi connectivity index (χ0v) is 27.4. The molecule has 2 radical (unpaired) electrons. The average Bonchev–Trinajstić information content (AvgIpc) is 3.40. The van der Waals surface area contributed by atoms with E-state index in [1.165, 1.54) is 45.8 Å². The van der Waals surface area contributed by atoms with Gasteiger partial charge in [-0.05, 0) is 19.6 Å². The van der Waals surface area contributed by atoms with Gasteiger partial charge in [0.2, 0.25) is 0 Å². The van der Waals surface area contributed by atoms with Crippen molar-refractivity contribution in [3.63, 3.8) is 0 Å². The van der Waals surface area contributed by atoms with Crippen LogP contribution >= 0.6 is 24.8 Å². The van der Waals surface area contributed by atoms with E-state index in [0.717, 1.165) is 9.52 Å². The summed E-state index contributed by atoms with van der Waals surface area (Å²) in [5.74, 6) is 0. The monoisotopic (exact) mass is 598 g/mol. The van der Waals surface area contributed by atoms with Crippen molar-refractivity contribution in [3.8, 4) is 0 Å². The van der Waals surface area contributed by atoms with Gasteiger partial charge in [-0.2, -0.15) is 42.0 Å². The molecule has 0 spiro atoms. The summed E-state index contributed by atoms with van der Waals surface area (Å²) in [6.45, 7) is 15.0. The van der Waals surface area contributed by atoms with Crippen LogP contribution in [0.5, 0.6) is 0 Å². The maximum Gasteiger partial charge on any atom is -0.0809 e. The summed E-state index contributed by atoms with van der Waals surface area (Å²) in [5, 5.41) is 5.32. The Morgan fingerprint density at radius 1 is 0.758 bits per heavy atom. The van der Waals surface area contributed by atoms with E-state index in [1.54, 1.807) is 6.92 Å². The molecule has 0 unspecified atom stereocenters. The molecule has 0 aliphatic heterocycles. The molecule has 1 N–H and O–H groups in total. The third-order valence-corrected chi connectivity index (χ3v) is 3.10. The first-order chi connectivity index (χ1) is 14.3. The Kier molecular flexibility index (Phi) is 35.6. The molecule has 0 saturated heterocycles. The molecule has 0 bridgehead atoms. The maximum atomic E-state index is 8.66. The Morgan fingerprint density at radius 3 is 1.24 bits per heavy atom. The first-order valence-corrected chi connectivity index (χ1v) is 17.1. The Morgan fingerprint density at radius 2 is 1.00 bits per heavy atom. The predicted molar refractivity (Wildman–Crippen MR) is 161 cm³/mol. The van der Waals surface area contributed by atoms with Gasteiger partial charge in [0.05, 0.1) is 0 Å². The molecule has 0 saturated carbocycles. The van der Waals surface area contributed by atoms with Gasteiger partial charge in [-0.1, -0.05) is 25.2 Å². The molecule has 0 aliphatic carbocycles. The first kappa shape index (κ1) is 42.5. The van der Waals surface area contributed by atoms with Gasteiger partial charge in [-0.3, -0.25) is 0 Å². The molecule has 0 aromatic heterocycles. The fraction of sp³-hybridized carbons (Fsp3) is 0.222. The predicted octanol–water partition coefficient (Wildman–Crippen LogP) is 8.82. The number of rotatable bonds is 0. The van der Waals surface area contributed by atoms with Gasteiger partial charge in [-0.15, -0.1) is 84.1 Å². The van der Waals surface area contributed by atoms with Gasteiger partial charge in [0.25, 0.3) is 0 Å². The summed E-state index contributed by atoms with van der Waals surface area (Å²) in [6.07, 6.45) is 0. The van der Waals surface area contributed by atoms with Crippen molar-refractivity contribution in [1.82, 2.24) is 0 Å². The molecule has 0 atom stereocenters. The van der Waals surface area contributed by atoms with Crippen molar-refractivity contribution < 1.29 is 29.0 Å². The van der Waals surface area contributed by atoms with Gasteiger partial charge < -0.3 is 19.1 Å². The quantitative estimate of drug-likeness (QED) is 0.158. The summed E-state index contributed by atoms with van der Waals surface area (Å²) >= 11 is 1.30. The molecule has 0 aliphatic rings. The second-order valence-electron chi connectivity index (χ2n) is 6.98. The van der Waals surface area contributed by atoms with Crippen LogP contribution in [0.4, 0.5) is 0 Å². The minimum absolute atomic E-state index is 0. The van der Waals surface area contributed by atoms with E-state index in [2.05, 4.69) is 109 Å². The molecular formula is C27H42Cl2OSi2Zr-4. The topological polar surface area (TPSA) is 20.2 Å². The van der Waals surface area contributed by atoms with Crippen LogP contribution in [0.25, 0.3) is 21.5 Å². The van der Waals surface area contributed by atoms with Crippen LogP contribution in [-0.2, 0) is 24.2 Å². The molecule has 0 fully saturated rings. The van der Waals surface area contributed by atoms with Crippen LogP contribution < -0.4 is 0 Å². The second-order valence-corrected chi connectivity index (χ2v) is 12.3. The summed E-state index contributed by atoms with van der Waals surface area (Å²) in [4.78, 5) is 8.66. The maximum absolute atomic E-state index is 8.66. The smallest absolute Gasteiger partial charge is 0.0809 e. The van der Waals surface area contributed by atoms with E-state index in [0.29, 0.717) is 0 Å². The van der Waals surface area contributed by atoms with E-state index in [1.807, 2.05) is 19.6 Å². The van der Waals surface area contributed by atoms with Crippen molar-refractivity contribution in [1.29, 1.82) is 0 Å². The van der Waals surface area contributed by atoms with Gasteiger partial charge in [0, 0.05) is 9.52 Å². The summed E-state index contributed by atoms with van der Waals surface area (Å²) in [7, 11) is -0.528. The van der Waals surface area contributed by atoms with Crippen LogP contribution in [-0.4, -0.2) is 26.8 Å². The number of hydrogen-bond acceptors (Lipinski definition) is 1. The number of benzene rings is 2. The molecule has 4 aromatic rings. The second kappa shape index (κ2) is 27.6. The van der Waals surface area contributed by atoms with Crippen LogP contribution in [0.15, 0.2) is 84.9 Å². The number of hydrogen-bond donors (Lipinski definition) is 1. The van der Waals surface area contributed by atoms with Crippen LogP contribution in [0.2, 0.25) is 32.7 Å². The minimum Gasteiger partial charge on any atom is -0.358 e. The van der Waals surface area contributed by atoms with Crippen LogP contribution in [0.3, 0.4) is 0 Å². The average molecular weight is 601 g/mol. The zero-order valence-electron chi connectivity index (χ0n) is 21.3. The first-order valence-electron chi connectivity index (χ1n) is 9.93. The Hall–Kier alpha value is -0.613. The fourth-order valence-electron chi connectivity index (χ4n) is 2.14. The van der Waals surface area contributed by atoms with Crippen LogP contribution in [0.1, 0.15) is 6.92 Å². The SMILES string of the molecule is C[Si](C)(C)O.C[Si]C.Cl.Cl.[CH2-]C.[CH2]=[Zr].[CH3-].c1ccc2[cH-]ccc2c1.c1ccc2[cH-]ccc2c1. The molecule has 0 heterocycles. The van der Waals surface area contributed by atoms with E-state index in [9.17, 15) is 0 Å². The van der Waals surface area contributed by atoms with E-state index < -0.39 is 8.32 Å². The van der Waals surface area contributed by atoms with Gasteiger partial charge >= 0.3 is 28.4 Å². The van der Waals surface area contributed by atoms with Crippen molar-refractivity contribution in [2.24, 2.45) is 0 Å². The van der Waals surface area contributed by atoms with E-state index in [4.69, 9.17) is 4.80 Å². The summed E-state index contributed by atoms with van der Waals surface area (Å²) in [6, 6.07) is 29.3. The van der Waals surface area contributed by atoms with E-state index in [-0.39, 0.29) is 32.2 Å². The fourth-order valence-corrected chi connectivity index (χ4v) is 2.14. The summed E-state index contributed by atoms with van der Waals surface area (Å²) < 4.78 is 3.34. The Labute approximate surface area is 234 Å². The molecule has 186 valence electrons. The standard InChI is InChI=1S/2C9H7.C3H10OSi.C2H6Si.C2H5.CH3.CH2.2ClH.Zr/c2*1-2-5-9-7-3-6-8(9)4-1;1-5(2,3)4;1-3-2;1-2;;;;;/h2*1-7H;4H,1-3H3;1-2H3;1H2,2H3;1H3;1H2;2*1H;/q2*-1;;;2*-1;;;;.